The predicted molar refractivity (Wildman–Crippen MR) is 82.3 cm³/mol. The van der Waals surface area contributed by atoms with Gasteiger partial charge in [0.15, 0.2) is 0 Å². The number of rotatable bonds is 4. The molecule has 114 valence electrons. The molecule has 0 aliphatic carbocycles. The van der Waals surface area contributed by atoms with Gasteiger partial charge in [-0.3, -0.25) is 4.79 Å². The van der Waals surface area contributed by atoms with Crippen molar-refractivity contribution in [2.24, 2.45) is 11.8 Å². The Morgan fingerprint density at radius 3 is 2.05 bits per heavy atom. The maximum atomic E-state index is 11.3. The highest BCUT2D eigenvalue weighted by molar-refractivity contribution is 5.73. The zero-order valence-corrected chi connectivity index (χ0v) is 11.4. The smallest absolute Gasteiger partial charge is 0.219 e. The van der Waals surface area contributed by atoms with Crippen LogP contribution in [-0.4, -0.2) is 74.0 Å². The molecule has 2 atom stereocenters. The van der Waals surface area contributed by atoms with Gasteiger partial charge in [-0.15, -0.1) is 0 Å². The van der Waals surface area contributed by atoms with Crippen LogP contribution in [0.25, 0.3) is 0 Å². The molecule has 2 heterocycles. The molecule has 2 saturated heterocycles. The molecule has 1 amide bonds. The molecule has 0 aromatic rings. The van der Waals surface area contributed by atoms with E-state index < -0.39 is 0 Å². The Kier molecular flexibility index (Phi) is 7.60. The number of hydrogen-bond acceptors (Lipinski definition) is 3. The van der Waals surface area contributed by atoms with Crippen LogP contribution in [0.1, 0.15) is 28.2 Å². The summed E-state index contributed by atoms with van der Waals surface area (Å²) in [5.41, 5.74) is 0. The fraction of sp³-hybridized carbons (Fsp3) is 0.933. The molecule has 2 unspecified atom stereocenters. The van der Waals surface area contributed by atoms with Crippen LogP contribution in [0.5, 0.6) is 0 Å². The van der Waals surface area contributed by atoms with Crippen LogP contribution in [0.2, 0.25) is 0 Å². The minimum Gasteiger partial charge on any atom is -0.342 e. The van der Waals surface area contributed by atoms with E-state index in [1.165, 1.54) is 32.6 Å². The van der Waals surface area contributed by atoms with E-state index in [0.717, 1.165) is 24.9 Å². The summed E-state index contributed by atoms with van der Waals surface area (Å²) < 4.78 is 0. The minimum absolute atomic E-state index is 0. The van der Waals surface area contributed by atoms with Crippen molar-refractivity contribution in [3.05, 3.63) is 0 Å². The third kappa shape index (κ3) is 4.77. The maximum absolute atomic E-state index is 11.3. The summed E-state index contributed by atoms with van der Waals surface area (Å²) in [6.45, 7) is 8.45. The van der Waals surface area contributed by atoms with Crippen molar-refractivity contribution >= 4 is 5.91 Å². The van der Waals surface area contributed by atoms with Crippen molar-refractivity contribution in [2.45, 2.75) is 28.2 Å². The summed E-state index contributed by atoms with van der Waals surface area (Å²) in [6.07, 6.45) is 1.25. The molecule has 0 saturated carbocycles. The lowest BCUT2D eigenvalue weighted by Crippen LogP contribution is -2.32. The van der Waals surface area contributed by atoms with E-state index in [1.807, 2.05) is 4.90 Å². The first-order valence-electron chi connectivity index (χ1n) is 6.69. The first-order valence-corrected chi connectivity index (χ1v) is 6.69. The van der Waals surface area contributed by atoms with Gasteiger partial charge < -0.3 is 14.7 Å². The molecule has 19 heavy (non-hydrogen) atoms. The SMILES string of the molecule is C.C.CC(=O)N1CC2CN(CCCN(C)C)CC2C1. The van der Waals surface area contributed by atoms with Gasteiger partial charge in [-0.1, -0.05) is 14.9 Å². The number of hydrogen-bond donors (Lipinski definition) is 0. The van der Waals surface area contributed by atoms with Crippen LogP contribution in [-0.2, 0) is 4.79 Å². The monoisotopic (exact) mass is 271 g/mol. The molecule has 2 aliphatic rings. The molecule has 0 radical (unpaired) electrons. The first-order chi connectivity index (χ1) is 8.06. The van der Waals surface area contributed by atoms with Crippen LogP contribution in [0, 0.1) is 11.8 Å². The summed E-state index contributed by atoms with van der Waals surface area (Å²) in [5.74, 6) is 1.72. The standard InChI is InChI=1S/C13H25N3O.2CH4/c1-11(17)16-9-12-7-15(8-13(12)10-16)6-4-5-14(2)3;;/h12-13H,4-10H2,1-3H3;2*1H4. The predicted octanol–water partition coefficient (Wildman–Crippen LogP) is 1.62. The van der Waals surface area contributed by atoms with Gasteiger partial charge in [0.2, 0.25) is 5.91 Å². The fourth-order valence-corrected chi connectivity index (χ4v) is 3.14. The maximum Gasteiger partial charge on any atom is 0.219 e. The van der Waals surface area contributed by atoms with Crippen molar-refractivity contribution in [3.63, 3.8) is 0 Å². The van der Waals surface area contributed by atoms with E-state index in [0.29, 0.717) is 0 Å². The number of carbonyl (C=O) groups excluding carboxylic acids is 1. The molecule has 4 nitrogen and oxygen atoms in total. The Balaban J connectivity index is 0.00000162. The average molecular weight is 271 g/mol. The van der Waals surface area contributed by atoms with E-state index in [2.05, 4.69) is 23.9 Å². The van der Waals surface area contributed by atoms with Gasteiger partial charge in [-0.05, 0) is 45.4 Å². The quantitative estimate of drug-likeness (QED) is 0.777. The van der Waals surface area contributed by atoms with Crippen molar-refractivity contribution in [1.82, 2.24) is 14.7 Å². The Bertz CT molecular complexity index is 267. The summed E-state index contributed by atoms with van der Waals surface area (Å²) in [5, 5.41) is 0. The second-order valence-corrected chi connectivity index (χ2v) is 5.86. The van der Waals surface area contributed by atoms with Crippen molar-refractivity contribution in [3.8, 4) is 0 Å². The first kappa shape index (κ1) is 18.4. The highest BCUT2D eigenvalue weighted by atomic mass is 16.2. The third-order valence-electron chi connectivity index (χ3n) is 4.09. The Labute approximate surface area is 119 Å². The summed E-state index contributed by atoms with van der Waals surface area (Å²) in [6, 6.07) is 0. The van der Waals surface area contributed by atoms with Crippen molar-refractivity contribution in [1.29, 1.82) is 0 Å². The molecule has 2 aliphatic heterocycles. The van der Waals surface area contributed by atoms with Crippen LogP contribution < -0.4 is 0 Å². The van der Waals surface area contributed by atoms with Crippen LogP contribution in [0.15, 0.2) is 0 Å². The zero-order valence-electron chi connectivity index (χ0n) is 11.4. The summed E-state index contributed by atoms with van der Waals surface area (Å²) >= 11 is 0. The highest BCUT2D eigenvalue weighted by Crippen LogP contribution is 2.30. The Morgan fingerprint density at radius 2 is 1.63 bits per heavy atom. The summed E-state index contributed by atoms with van der Waals surface area (Å²) in [7, 11) is 4.26. The highest BCUT2D eigenvalue weighted by Gasteiger charge is 2.40. The molecule has 0 aromatic carbocycles. The second-order valence-electron chi connectivity index (χ2n) is 5.86. The largest absolute Gasteiger partial charge is 0.342 e. The number of carbonyl (C=O) groups is 1. The third-order valence-corrected chi connectivity index (χ3v) is 4.09. The minimum atomic E-state index is 0. The van der Waals surface area contributed by atoms with Crippen molar-refractivity contribution in [2.75, 3.05) is 53.4 Å². The molecule has 0 spiro atoms. The van der Waals surface area contributed by atoms with Gasteiger partial charge in [0.25, 0.3) is 0 Å². The number of fused-ring (bicyclic) bond motifs is 1. The molecule has 0 N–H and O–H groups in total. The zero-order chi connectivity index (χ0) is 12.4. The van der Waals surface area contributed by atoms with Gasteiger partial charge in [0, 0.05) is 33.1 Å². The van der Waals surface area contributed by atoms with Crippen LogP contribution in [0.3, 0.4) is 0 Å². The lowest BCUT2D eigenvalue weighted by molar-refractivity contribution is -0.128. The molecule has 0 aromatic heterocycles. The number of nitrogens with zero attached hydrogens (tertiary/aromatic N) is 3. The molecular weight excluding hydrogens is 238 g/mol. The van der Waals surface area contributed by atoms with Crippen LogP contribution in [0.4, 0.5) is 0 Å². The normalized spacial score (nSPS) is 26.0. The number of likely N-dealkylation sites (tertiary alicyclic amines) is 2. The van der Waals surface area contributed by atoms with E-state index in [1.54, 1.807) is 6.92 Å². The topological polar surface area (TPSA) is 26.8 Å². The van der Waals surface area contributed by atoms with Gasteiger partial charge in [0.05, 0.1) is 0 Å². The van der Waals surface area contributed by atoms with Gasteiger partial charge >= 0.3 is 0 Å². The molecule has 4 heteroatoms. The second kappa shape index (κ2) is 7.85. The molecule has 0 bridgehead atoms. The van der Waals surface area contributed by atoms with E-state index in [4.69, 9.17) is 0 Å². The Morgan fingerprint density at radius 1 is 1.11 bits per heavy atom. The summed E-state index contributed by atoms with van der Waals surface area (Å²) in [4.78, 5) is 18.2. The van der Waals surface area contributed by atoms with E-state index in [9.17, 15) is 4.79 Å². The molecule has 2 fully saturated rings. The fourth-order valence-electron chi connectivity index (χ4n) is 3.14. The van der Waals surface area contributed by atoms with Gasteiger partial charge in [-0.2, -0.15) is 0 Å². The molecular formula is C15H33N3O. The lowest BCUT2D eigenvalue weighted by atomic mass is 10.0. The van der Waals surface area contributed by atoms with E-state index >= 15 is 0 Å². The lowest BCUT2D eigenvalue weighted by Gasteiger charge is -2.21. The van der Waals surface area contributed by atoms with E-state index in [-0.39, 0.29) is 20.8 Å². The van der Waals surface area contributed by atoms with Gasteiger partial charge in [0.1, 0.15) is 0 Å². The van der Waals surface area contributed by atoms with Gasteiger partial charge in [-0.25, -0.2) is 0 Å². The molecule has 2 rings (SSSR count). The Hall–Kier alpha value is -0.610. The number of amides is 1. The average Bonchev–Trinajstić information content (AvgIpc) is 2.73. The van der Waals surface area contributed by atoms with Crippen molar-refractivity contribution < 1.29 is 4.79 Å². The van der Waals surface area contributed by atoms with Crippen LogP contribution >= 0.6 is 0 Å².